The van der Waals surface area contributed by atoms with Crippen LogP contribution in [-0.4, -0.2) is 15.8 Å². The van der Waals surface area contributed by atoms with E-state index in [1.54, 1.807) is 0 Å². The van der Waals surface area contributed by atoms with E-state index in [9.17, 15) is 25.0 Å². The summed E-state index contributed by atoms with van der Waals surface area (Å²) >= 11 is 0. The molecule has 1 amide bonds. The molecule has 90 valence electrons. The summed E-state index contributed by atoms with van der Waals surface area (Å²) in [6.45, 7) is 2.46. The summed E-state index contributed by atoms with van der Waals surface area (Å²) in [6.07, 6.45) is 0. The molecule has 0 aliphatic rings. The van der Waals surface area contributed by atoms with E-state index in [-0.39, 0.29) is 16.9 Å². The van der Waals surface area contributed by atoms with E-state index in [1.165, 1.54) is 13.8 Å². The van der Waals surface area contributed by atoms with Gasteiger partial charge in [-0.25, -0.2) is 0 Å². The molecule has 0 unspecified atom stereocenters. The molecule has 1 N–H and O–H groups in total. The number of rotatable bonds is 3. The van der Waals surface area contributed by atoms with Crippen LogP contribution in [-0.2, 0) is 4.79 Å². The van der Waals surface area contributed by atoms with Crippen LogP contribution in [0.2, 0.25) is 0 Å². The lowest BCUT2D eigenvalue weighted by Crippen LogP contribution is -2.09. The fourth-order valence-corrected chi connectivity index (χ4v) is 1.41. The van der Waals surface area contributed by atoms with Crippen molar-refractivity contribution in [3.8, 4) is 0 Å². The van der Waals surface area contributed by atoms with Crippen molar-refractivity contribution in [2.24, 2.45) is 0 Å². The molecule has 0 atom stereocenters. The van der Waals surface area contributed by atoms with Gasteiger partial charge in [-0.1, -0.05) is 0 Å². The topological polar surface area (TPSA) is 115 Å². The molecule has 1 rings (SSSR count). The molecule has 0 aliphatic heterocycles. The zero-order chi connectivity index (χ0) is 13.2. The average Bonchev–Trinajstić information content (AvgIpc) is 2.15. The largest absolute Gasteiger partial charge is 0.321 e. The normalized spacial score (nSPS) is 9.76. The van der Waals surface area contributed by atoms with E-state index < -0.39 is 21.4 Å². The minimum atomic E-state index is -0.756. The number of nitro groups is 2. The molecule has 0 aromatic heterocycles. The number of carbonyl (C=O) groups excluding carboxylic acids is 1. The number of nitrogens with one attached hydrogen (secondary N) is 1. The molecule has 0 heterocycles. The Morgan fingerprint density at radius 3 is 2.24 bits per heavy atom. The first-order valence-corrected chi connectivity index (χ1v) is 4.54. The van der Waals surface area contributed by atoms with Crippen LogP contribution < -0.4 is 5.32 Å². The van der Waals surface area contributed by atoms with Gasteiger partial charge in [0.25, 0.3) is 5.69 Å². The molecule has 0 aliphatic carbocycles. The molecular formula is C9H9N3O5. The maximum atomic E-state index is 10.9. The second-order valence-electron chi connectivity index (χ2n) is 3.30. The van der Waals surface area contributed by atoms with Crippen LogP contribution in [0.3, 0.4) is 0 Å². The van der Waals surface area contributed by atoms with E-state index >= 15 is 0 Å². The lowest BCUT2D eigenvalue weighted by molar-refractivity contribution is -0.394. The van der Waals surface area contributed by atoms with Crippen molar-refractivity contribution < 1.29 is 14.6 Å². The van der Waals surface area contributed by atoms with E-state index in [0.717, 1.165) is 12.1 Å². The van der Waals surface area contributed by atoms with Gasteiger partial charge in [-0.2, -0.15) is 0 Å². The number of nitro benzene ring substituents is 2. The van der Waals surface area contributed by atoms with Gasteiger partial charge in [0.1, 0.15) is 11.3 Å². The smallest absolute Gasteiger partial charge is 0.302 e. The maximum Gasteiger partial charge on any atom is 0.302 e. The molecule has 0 saturated heterocycles. The number of nitrogens with zero attached hydrogens (tertiary/aromatic N) is 2. The lowest BCUT2D eigenvalue weighted by atomic mass is 10.1. The van der Waals surface area contributed by atoms with Crippen molar-refractivity contribution in [1.29, 1.82) is 0 Å². The van der Waals surface area contributed by atoms with Gasteiger partial charge in [0, 0.05) is 13.0 Å². The number of anilines is 1. The Balaban J connectivity index is 3.44. The summed E-state index contributed by atoms with van der Waals surface area (Å²) in [6, 6.07) is 2.26. The average molecular weight is 239 g/mol. The highest BCUT2D eigenvalue weighted by atomic mass is 16.6. The Morgan fingerprint density at radius 1 is 1.24 bits per heavy atom. The predicted octanol–water partition coefficient (Wildman–Crippen LogP) is 1.77. The Bertz CT molecular complexity index is 512. The predicted molar refractivity (Wildman–Crippen MR) is 58.8 cm³/mol. The van der Waals surface area contributed by atoms with Crippen molar-refractivity contribution in [1.82, 2.24) is 0 Å². The van der Waals surface area contributed by atoms with Crippen molar-refractivity contribution >= 4 is 23.0 Å². The van der Waals surface area contributed by atoms with Crippen LogP contribution in [0.15, 0.2) is 12.1 Å². The summed E-state index contributed by atoms with van der Waals surface area (Å²) in [5, 5.41) is 23.7. The first-order chi connectivity index (χ1) is 7.84. The molecule has 0 saturated carbocycles. The minimum absolute atomic E-state index is 0.0504. The SMILES string of the molecule is CC(=O)Nc1ccc([N+](=O)[O-])c(C)c1[N+](=O)[O-]. The van der Waals surface area contributed by atoms with Crippen LogP contribution in [0, 0.1) is 27.2 Å². The number of hydrogen-bond acceptors (Lipinski definition) is 5. The van der Waals surface area contributed by atoms with E-state index in [2.05, 4.69) is 5.32 Å². The molecule has 8 heteroatoms. The highest BCUT2D eigenvalue weighted by molar-refractivity contribution is 5.92. The molecule has 1 aromatic carbocycles. The summed E-state index contributed by atoms with van der Waals surface area (Å²) < 4.78 is 0. The van der Waals surface area contributed by atoms with Crippen LogP contribution in [0.1, 0.15) is 12.5 Å². The molecule has 8 nitrogen and oxygen atoms in total. The van der Waals surface area contributed by atoms with Gasteiger partial charge in [0.15, 0.2) is 0 Å². The highest BCUT2D eigenvalue weighted by Gasteiger charge is 2.25. The van der Waals surface area contributed by atoms with Crippen molar-refractivity contribution in [3.63, 3.8) is 0 Å². The molecule has 0 spiro atoms. The van der Waals surface area contributed by atoms with Gasteiger partial charge in [-0.3, -0.25) is 25.0 Å². The van der Waals surface area contributed by atoms with Crippen molar-refractivity contribution in [3.05, 3.63) is 37.9 Å². The second kappa shape index (κ2) is 4.56. The summed E-state index contributed by atoms with van der Waals surface area (Å²) in [4.78, 5) is 30.8. The van der Waals surface area contributed by atoms with Gasteiger partial charge in [-0.15, -0.1) is 0 Å². The van der Waals surface area contributed by atoms with Crippen molar-refractivity contribution in [2.45, 2.75) is 13.8 Å². The zero-order valence-corrected chi connectivity index (χ0v) is 9.09. The summed E-state index contributed by atoms with van der Waals surface area (Å²) in [5.74, 6) is -0.485. The quantitative estimate of drug-likeness (QED) is 0.637. The Morgan fingerprint density at radius 2 is 1.82 bits per heavy atom. The van der Waals surface area contributed by atoms with Gasteiger partial charge >= 0.3 is 5.69 Å². The van der Waals surface area contributed by atoms with Crippen LogP contribution in [0.5, 0.6) is 0 Å². The number of amides is 1. The number of carbonyl (C=O) groups is 1. The molecule has 17 heavy (non-hydrogen) atoms. The van der Waals surface area contributed by atoms with E-state index in [4.69, 9.17) is 0 Å². The number of hydrogen-bond donors (Lipinski definition) is 1. The molecule has 0 radical (unpaired) electrons. The van der Waals surface area contributed by atoms with E-state index in [0.29, 0.717) is 0 Å². The van der Waals surface area contributed by atoms with Crippen LogP contribution in [0.4, 0.5) is 17.1 Å². The number of benzene rings is 1. The Kier molecular flexibility index (Phi) is 3.37. The van der Waals surface area contributed by atoms with Gasteiger partial charge in [0.05, 0.1) is 9.85 Å². The third-order valence-corrected chi connectivity index (χ3v) is 2.09. The third-order valence-electron chi connectivity index (χ3n) is 2.09. The first kappa shape index (κ1) is 12.6. The van der Waals surface area contributed by atoms with Gasteiger partial charge in [-0.05, 0) is 13.0 Å². The third kappa shape index (κ3) is 2.54. The Labute approximate surface area is 95.5 Å². The van der Waals surface area contributed by atoms with Crippen LogP contribution in [0.25, 0.3) is 0 Å². The fraction of sp³-hybridized carbons (Fsp3) is 0.222. The van der Waals surface area contributed by atoms with Gasteiger partial charge < -0.3 is 5.32 Å². The van der Waals surface area contributed by atoms with E-state index in [1.807, 2.05) is 0 Å². The standard InChI is InChI=1S/C9H9N3O5/c1-5-8(11(14)15)4-3-7(10-6(2)13)9(5)12(16)17/h3-4H,1-2H3,(H,10,13). The maximum absolute atomic E-state index is 10.9. The monoisotopic (exact) mass is 239 g/mol. The van der Waals surface area contributed by atoms with Crippen LogP contribution >= 0.6 is 0 Å². The second-order valence-corrected chi connectivity index (χ2v) is 3.30. The molecule has 0 fully saturated rings. The minimum Gasteiger partial charge on any atom is -0.321 e. The summed E-state index contributed by atoms with van der Waals surface area (Å²) in [5.41, 5.74) is -0.961. The first-order valence-electron chi connectivity index (χ1n) is 4.54. The molecule has 0 bridgehead atoms. The lowest BCUT2D eigenvalue weighted by Gasteiger charge is -2.05. The fourth-order valence-electron chi connectivity index (χ4n) is 1.41. The molecule has 1 aromatic rings. The summed E-state index contributed by atoms with van der Waals surface area (Å²) in [7, 11) is 0. The van der Waals surface area contributed by atoms with Crippen molar-refractivity contribution in [2.75, 3.05) is 5.32 Å². The Hall–Kier alpha value is -2.51. The molecular weight excluding hydrogens is 230 g/mol. The highest BCUT2D eigenvalue weighted by Crippen LogP contribution is 2.34. The van der Waals surface area contributed by atoms with Gasteiger partial charge in [0.2, 0.25) is 5.91 Å². The zero-order valence-electron chi connectivity index (χ0n) is 9.09.